The van der Waals surface area contributed by atoms with Crippen molar-refractivity contribution in [3.05, 3.63) is 108 Å². The Morgan fingerprint density at radius 3 is 2.50 bits per heavy atom. The van der Waals surface area contributed by atoms with Crippen LogP contribution in [0.15, 0.2) is 85.3 Å². The van der Waals surface area contributed by atoms with E-state index in [4.69, 9.17) is 0 Å². The van der Waals surface area contributed by atoms with Gasteiger partial charge in [0.1, 0.15) is 11.5 Å². The molecular weight excluding hydrogens is 522 g/mol. The number of nitrogens with one attached hydrogen (secondary N) is 1. The Kier molecular flexibility index (Phi) is 7.36. The molecule has 0 radical (unpaired) electrons. The van der Waals surface area contributed by atoms with Gasteiger partial charge in [0, 0.05) is 35.8 Å². The number of carbonyl (C=O) groups excluding carboxylic acids is 1. The lowest BCUT2D eigenvalue weighted by Gasteiger charge is -2.16. The van der Waals surface area contributed by atoms with Crippen molar-refractivity contribution in [1.82, 2.24) is 19.3 Å². The van der Waals surface area contributed by atoms with E-state index in [1.54, 1.807) is 37.5 Å². The molecule has 10 heteroatoms. The molecule has 5 rings (SSSR count). The fraction of sp³-hybridized carbons (Fsp3) is 0.167. The van der Waals surface area contributed by atoms with Crippen molar-refractivity contribution in [2.75, 3.05) is 19.4 Å². The molecule has 1 N–H and O–H groups in total. The van der Waals surface area contributed by atoms with E-state index < -0.39 is 23.5 Å². The molecule has 6 nitrogen and oxygen atoms in total. The SMILES string of the molecule is CN(C)Cc1cc(NC(=O)Cc2ccc(-c3cnc4cc(-c5ccccn5)ccn34)cc2F)cc(C(F)(F)F)c1. The number of fused-ring (bicyclic) bond motifs is 1. The first-order valence-electron chi connectivity index (χ1n) is 12.4. The number of hydrogen-bond donors (Lipinski definition) is 1. The van der Waals surface area contributed by atoms with Crippen LogP contribution in [0.5, 0.6) is 0 Å². The van der Waals surface area contributed by atoms with E-state index in [-0.39, 0.29) is 24.2 Å². The van der Waals surface area contributed by atoms with E-state index in [0.717, 1.165) is 23.4 Å². The average molecular weight is 548 g/mol. The maximum atomic E-state index is 15.1. The van der Waals surface area contributed by atoms with Crippen molar-refractivity contribution in [2.45, 2.75) is 19.1 Å². The smallest absolute Gasteiger partial charge is 0.326 e. The minimum Gasteiger partial charge on any atom is -0.326 e. The second-order valence-electron chi connectivity index (χ2n) is 9.69. The third-order valence-electron chi connectivity index (χ3n) is 6.28. The number of imidazole rings is 1. The number of amides is 1. The van der Waals surface area contributed by atoms with Crippen LogP contribution in [0.4, 0.5) is 23.2 Å². The summed E-state index contributed by atoms with van der Waals surface area (Å²) in [5.74, 6) is -1.23. The Hall–Kier alpha value is -4.57. The van der Waals surface area contributed by atoms with Gasteiger partial charge in [0.15, 0.2) is 0 Å². The molecule has 2 aromatic carbocycles. The predicted molar refractivity (Wildman–Crippen MR) is 145 cm³/mol. The first kappa shape index (κ1) is 27.0. The zero-order chi connectivity index (χ0) is 28.4. The number of benzene rings is 2. The van der Waals surface area contributed by atoms with Gasteiger partial charge in [-0.15, -0.1) is 0 Å². The van der Waals surface area contributed by atoms with E-state index in [0.29, 0.717) is 22.5 Å². The second-order valence-corrected chi connectivity index (χ2v) is 9.69. The van der Waals surface area contributed by atoms with E-state index in [2.05, 4.69) is 15.3 Å². The normalized spacial score (nSPS) is 11.8. The van der Waals surface area contributed by atoms with Gasteiger partial charge in [-0.25, -0.2) is 9.37 Å². The number of anilines is 1. The number of alkyl halides is 3. The van der Waals surface area contributed by atoms with Crippen LogP contribution in [0.2, 0.25) is 0 Å². The molecule has 0 aliphatic rings. The number of rotatable bonds is 7. The number of pyridine rings is 2. The summed E-state index contributed by atoms with van der Waals surface area (Å²) >= 11 is 0. The zero-order valence-corrected chi connectivity index (χ0v) is 21.7. The monoisotopic (exact) mass is 547 g/mol. The van der Waals surface area contributed by atoms with Crippen LogP contribution in [-0.2, 0) is 23.9 Å². The summed E-state index contributed by atoms with van der Waals surface area (Å²) in [7, 11) is 3.47. The van der Waals surface area contributed by atoms with Gasteiger partial charge in [-0.2, -0.15) is 13.2 Å². The van der Waals surface area contributed by atoms with Gasteiger partial charge in [-0.1, -0.05) is 18.2 Å². The summed E-state index contributed by atoms with van der Waals surface area (Å²) in [4.78, 5) is 23.2. The maximum absolute atomic E-state index is 15.1. The molecule has 0 aliphatic heterocycles. The molecule has 3 heterocycles. The molecule has 0 aliphatic carbocycles. The van der Waals surface area contributed by atoms with Crippen molar-refractivity contribution in [3.8, 4) is 22.5 Å². The van der Waals surface area contributed by atoms with E-state index in [1.807, 2.05) is 40.9 Å². The van der Waals surface area contributed by atoms with Crippen molar-refractivity contribution >= 4 is 17.2 Å². The van der Waals surface area contributed by atoms with Crippen LogP contribution in [0, 0.1) is 5.82 Å². The van der Waals surface area contributed by atoms with Gasteiger partial charge >= 0.3 is 6.18 Å². The number of hydrogen-bond acceptors (Lipinski definition) is 4. The summed E-state index contributed by atoms with van der Waals surface area (Å²) in [5, 5.41) is 2.49. The summed E-state index contributed by atoms with van der Waals surface area (Å²) in [6.45, 7) is 0.261. The van der Waals surface area contributed by atoms with Crippen LogP contribution in [-0.4, -0.2) is 39.3 Å². The third kappa shape index (κ3) is 6.02. The van der Waals surface area contributed by atoms with E-state index in [9.17, 15) is 18.0 Å². The second kappa shape index (κ2) is 10.9. The standard InChI is InChI=1S/C30H25F4N5O/c1-38(2)18-19-11-23(30(32,33)34)16-24(12-19)37-29(40)15-20-6-7-22(13-25(20)31)27-17-36-28-14-21(8-10-39(27)28)26-5-3-4-9-35-26/h3-14,16-17H,15,18H2,1-2H3,(H,37,40). The Morgan fingerprint density at radius 1 is 0.975 bits per heavy atom. The van der Waals surface area contributed by atoms with Gasteiger partial charge in [-0.05, 0) is 73.8 Å². The van der Waals surface area contributed by atoms with Crippen molar-refractivity contribution < 1.29 is 22.4 Å². The summed E-state index contributed by atoms with van der Waals surface area (Å²) < 4.78 is 57.1. The minimum absolute atomic E-state index is 0.00417. The van der Waals surface area contributed by atoms with Crippen LogP contribution in [0.3, 0.4) is 0 Å². The van der Waals surface area contributed by atoms with Gasteiger partial charge in [0.25, 0.3) is 0 Å². The number of halogens is 4. The highest BCUT2D eigenvalue weighted by molar-refractivity contribution is 5.92. The molecule has 1 amide bonds. The lowest BCUT2D eigenvalue weighted by atomic mass is 10.1. The van der Waals surface area contributed by atoms with Crippen molar-refractivity contribution in [2.24, 2.45) is 0 Å². The lowest BCUT2D eigenvalue weighted by Crippen LogP contribution is -2.17. The van der Waals surface area contributed by atoms with E-state index in [1.165, 1.54) is 18.2 Å². The molecule has 0 spiro atoms. The highest BCUT2D eigenvalue weighted by Gasteiger charge is 2.31. The molecule has 0 bridgehead atoms. The fourth-order valence-corrected chi connectivity index (χ4v) is 4.50. The first-order valence-corrected chi connectivity index (χ1v) is 12.4. The van der Waals surface area contributed by atoms with Crippen LogP contribution in [0.1, 0.15) is 16.7 Å². The highest BCUT2D eigenvalue weighted by Crippen LogP contribution is 2.32. The molecular formula is C30H25F4N5O. The highest BCUT2D eigenvalue weighted by atomic mass is 19.4. The Morgan fingerprint density at radius 2 is 1.80 bits per heavy atom. The first-order chi connectivity index (χ1) is 19.1. The lowest BCUT2D eigenvalue weighted by molar-refractivity contribution is -0.137. The molecule has 0 saturated carbocycles. The fourth-order valence-electron chi connectivity index (χ4n) is 4.50. The minimum atomic E-state index is -4.57. The number of aromatic nitrogens is 3. The molecule has 0 fully saturated rings. The Bertz CT molecular complexity index is 1680. The zero-order valence-electron chi connectivity index (χ0n) is 21.7. The maximum Gasteiger partial charge on any atom is 0.416 e. The molecule has 0 atom stereocenters. The average Bonchev–Trinajstić information content (AvgIpc) is 3.33. The topological polar surface area (TPSA) is 62.5 Å². The largest absolute Gasteiger partial charge is 0.416 e. The molecule has 5 aromatic rings. The molecule has 40 heavy (non-hydrogen) atoms. The quantitative estimate of drug-likeness (QED) is 0.238. The molecule has 0 saturated heterocycles. The van der Waals surface area contributed by atoms with Crippen LogP contribution in [0.25, 0.3) is 28.2 Å². The summed E-state index contributed by atoms with van der Waals surface area (Å²) in [6.07, 6.45) is 0.273. The third-order valence-corrected chi connectivity index (χ3v) is 6.28. The predicted octanol–water partition coefficient (Wildman–Crippen LogP) is 6.46. The number of carbonyl (C=O) groups is 1. The molecule has 204 valence electrons. The Balaban J connectivity index is 1.34. The molecule has 3 aromatic heterocycles. The van der Waals surface area contributed by atoms with Crippen LogP contribution >= 0.6 is 0 Å². The van der Waals surface area contributed by atoms with Gasteiger partial charge < -0.3 is 10.2 Å². The van der Waals surface area contributed by atoms with E-state index >= 15 is 4.39 Å². The van der Waals surface area contributed by atoms with Crippen LogP contribution < -0.4 is 5.32 Å². The van der Waals surface area contributed by atoms with Crippen molar-refractivity contribution in [1.29, 1.82) is 0 Å². The number of nitrogens with zero attached hydrogens (tertiary/aromatic N) is 4. The summed E-state index contributed by atoms with van der Waals surface area (Å²) in [5.41, 5.74) is 3.24. The van der Waals surface area contributed by atoms with Gasteiger partial charge in [0.2, 0.25) is 5.91 Å². The van der Waals surface area contributed by atoms with Crippen molar-refractivity contribution in [3.63, 3.8) is 0 Å². The van der Waals surface area contributed by atoms with Gasteiger partial charge in [0.05, 0.1) is 29.6 Å². The summed E-state index contributed by atoms with van der Waals surface area (Å²) in [6, 6.07) is 17.3. The molecule has 0 unspecified atom stereocenters. The Labute approximate surface area is 227 Å². The van der Waals surface area contributed by atoms with Gasteiger partial charge in [-0.3, -0.25) is 14.2 Å².